The lowest BCUT2D eigenvalue weighted by atomic mass is 10.2. The minimum absolute atomic E-state index is 0.0791. The molecule has 0 aliphatic carbocycles. The van der Waals surface area contributed by atoms with Gasteiger partial charge in [-0.2, -0.15) is 0 Å². The first-order valence-corrected chi connectivity index (χ1v) is 5.75. The van der Waals surface area contributed by atoms with Crippen LogP contribution in [0.15, 0.2) is 30.5 Å². The van der Waals surface area contributed by atoms with Gasteiger partial charge in [-0.25, -0.2) is 4.39 Å². The first-order valence-electron chi connectivity index (χ1n) is 5.75. The molecule has 0 spiro atoms. The number of aromatic nitrogens is 1. The number of nitrogens with zero attached hydrogens (tertiary/aromatic N) is 1. The van der Waals surface area contributed by atoms with Crippen molar-refractivity contribution >= 4 is 22.5 Å². The number of anilines is 1. The summed E-state index contributed by atoms with van der Waals surface area (Å²) in [5.41, 5.74) is 1.34. The van der Waals surface area contributed by atoms with Gasteiger partial charge in [0.15, 0.2) is 0 Å². The average Bonchev–Trinajstić information content (AvgIpc) is 2.36. The van der Waals surface area contributed by atoms with Crippen LogP contribution in [0.3, 0.4) is 0 Å². The van der Waals surface area contributed by atoms with Gasteiger partial charge >= 0.3 is 0 Å². The molecule has 1 aromatic carbocycles. The molecular formula is C13H14FN3O. The zero-order valence-electron chi connectivity index (χ0n) is 10.0. The van der Waals surface area contributed by atoms with Crippen molar-refractivity contribution in [2.75, 3.05) is 18.4 Å². The number of fused-ring (bicyclic) bond motifs is 1. The van der Waals surface area contributed by atoms with E-state index in [1.165, 1.54) is 12.1 Å². The van der Waals surface area contributed by atoms with E-state index in [0.29, 0.717) is 12.1 Å². The largest absolute Gasteiger partial charge is 0.376 e. The smallest absolute Gasteiger partial charge is 0.239 e. The molecule has 0 unspecified atom stereocenters. The van der Waals surface area contributed by atoms with E-state index < -0.39 is 0 Å². The molecule has 5 heteroatoms. The molecule has 1 aromatic heterocycles. The Kier molecular flexibility index (Phi) is 3.72. The van der Waals surface area contributed by atoms with Crippen LogP contribution in [0.1, 0.15) is 6.92 Å². The molecule has 0 atom stereocenters. The lowest BCUT2D eigenvalue weighted by molar-refractivity contribution is -0.119. The molecule has 1 heterocycles. The SMILES string of the molecule is CCNC(=O)CNc1ccnc2cc(F)ccc12. The molecule has 0 aliphatic heterocycles. The highest BCUT2D eigenvalue weighted by atomic mass is 19.1. The lowest BCUT2D eigenvalue weighted by Gasteiger charge is -2.09. The van der Waals surface area contributed by atoms with E-state index in [-0.39, 0.29) is 18.3 Å². The Balaban J connectivity index is 2.20. The zero-order chi connectivity index (χ0) is 13.0. The Morgan fingerprint density at radius 1 is 1.39 bits per heavy atom. The number of nitrogens with one attached hydrogen (secondary N) is 2. The molecule has 0 saturated carbocycles. The first-order chi connectivity index (χ1) is 8.70. The molecule has 2 rings (SSSR count). The third-order valence-corrected chi connectivity index (χ3v) is 2.52. The molecule has 18 heavy (non-hydrogen) atoms. The van der Waals surface area contributed by atoms with E-state index in [4.69, 9.17) is 0 Å². The van der Waals surface area contributed by atoms with Gasteiger partial charge < -0.3 is 10.6 Å². The number of hydrogen-bond donors (Lipinski definition) is 2. The molecule has 0 aliphatic rings. The fraction of sp³-hybridized carbons (Fsp3) is 0.231. The van der Waals surface area contributed by atoms with Crippen molar-refractivity contribution in [1.29, 1.82) is 0 Å². The minimum atomic E-state index is -0.323. The van der Waals surface area contributed by atoms with E-state index in [1.54, 1.807) is 18.3 Å². The van der Waals surface area contributed by atoms with E-state index >= 15 is 0 Å². The minimum Gasteiger partial charge on any atom is -0.376 e. The van der Waals surface area contributed by atoms with Crippen molar-refractivity contribution in [2.24, 2.45) is 0 Å². The fourth-order valence-corrected chi connectivity index (χ4v) is 1.71. The van der Waals surface area contributed by atoms with Crippen molar-refractivity contribution in [1.82, 2.24) is 10.3 Å². The van der Waals surface area contributed by atoms with Crippen molar-refractivity contribution < 1.29 is 9.18 Å². The average molecular weight is 247 g/mol. The van der Waals surface area contributed by atoms with Crippen LogP contribution < -0.4 is 10.6 Å². The van der Waals surface area contributed by atoms with Crippen LogP contribution in [0.25, 0.3) is 10.9 Å². The number of likely N-dealkylation sites (N-methyl/N-ethyl adjacent to an activating group) is 1. The van der Waals surface area contributed by atoms with Gasteiger partial charge in [0.2, 0.25) is 5.91 Å². The van der Waals surface area contributed by atoms with Gasteiger partial charge in [0.25, 0.3) is 0 Å². The summed E-state index contributed by atoms with van der Waals surface area (Å²) in [4.78, 5) is 15.4. The lowest BCUT2D eigenvalue weighted by Crippen LogP contribution is -2.29. The Labute approximate surface area is 104 Å². The van der Waals surface area contributed by atoms with E-state index in [9.17, 15) is 9.18 Å². The molecule has 2 aromatic rings. The highest BCUT2D eigenvalue weighted by Gasteiger charge is 2.04. The van der Waals surface area contributed by atoms with Crippen molar-refractivity contribution in [3.8, 4) is 0 Å². The van der Waals surface area contributed by atoms with Crippen LogP contribution >= 0.6 is 0 Å². The molecule has 0 radical (unpaired) electrons. The maximum Gasteiger partial charge on any atom is 0.239 e. The van der Waals surface area contributed by atoms with Crippen molar-refractivity contribution in [2.45, 2.75) is 6.92 Å². The number of pyridine rings is 1. The molecule has 4 nitrogen and oxygen atoms in total. The number of carbonyl (C=O) groups excluding carboxylic acids is 1. The van der Waals surface area contributed by atoms with Crippen LogP contribution in [0.4, 0.5) is 10.1 Å². The van der Waals surface area contributed by atoms with Crippen LogP contribution in [0, 0.1) is 5.82 Å². The van der Waals surface area contributed by atoms with Gasteiger partial charge in [-0.15, -0.1) is 0 Å². The van der Waals surface area contributed by atoms with Gasteiger partial charge in [-0.05, 0) is 25.1 Å². The topological polar surface area (TPSA) is 54.0 Å². The van der Waals surface area contributed by atoms with Gasteiger partial charge in [0.05, 0.1) is 12.1 Å². The maximum absolute atomic E-state index is 13.1. The monoisotopic (exact) mass is 247 g/mol. The molecule has 0 bridgehead atoms. The summed E-state index contributed by atoms with van der Waals surface area (Å²) < 4.78 is 13.1. The zero-order valence-corrected chi connectivity index (χ0v) is 10.0. The normalized spacial score (nSPS) is 10.3. The van der Waals surface area contributed by atoms with Gasteiger partial charge in [-0.3, -0.25) is 9.78 Å². The summed E-state index contributed by atoms with van der Waals surface area (Å²) in [6.07, 6.45) is 1.59. The highest BCUT2D eigenvalue weighted by Crippen LogP contribution is 2.21. The third-order valence-electron chi connectivity index (χ3n) is 2.52. The van der Waals surface area contributed by atoms with Gasteiger partial charge in [-0.1, -0.05) is 0 Å². The first kappa shape index (κ1) is 12.3. The Bertz CT molecular complexity index is 571. The second kappa shape index (κ2) is 5.44. The summed E-state index contributed by atoms with van der Waals surface area (Å²) in [6, 6.07) is 6.16. The Hall–Kier alpha value is -2.17. The van der Waals surface area contributed by atoms with Crippen LogP contribution in [-0.2, 0) is 4.79 Å². The maximum atomic E-state index is 13.1. The Morgan fingerprint density at radius 2 is 2.22 bits per heavy atom. The molecule has 94 valence electrons. The summed E-state index contributed by atoms with van der Waals surface area (Å²) in [5, 5.41) is 6.51. The number of hydrogen-bond acceptors (Lipinski definition) is 3. The predicted octanol–water partition coefficient (Wildman–Crippen LogP) is 1.92. The van der Waals surface area contributed by atoms with Gasteiger partial charge in [0, 0.05) is 29.9 Å². The van der Waals surface area contributed by atoms with E-state index in [2.05, 4.69) is 15.6 Å². The molecular weight excluding hydrogens is 233 g/mol. The standard InChI is InChI=1S/C13H14FN3O/c1-2-15-13(18)8-17-11-5-6-16-12-7-9(14)3-4-10(11)12/h3-7H,2,8H2,1H3,(H,15,18)(H,16,17). The number of amides is 1. The van der Waals surface area contributed by atoms with Gasteiger partial charge in [0.1, 0.15) is 5.82 Å². The summed E-state index contributed by atoms with van der Waals surface area (Å²) in [7, 11) is 0. The Morgan fingerprint density at radius 3 is 3.00 bits per heavy atom. The predicted molar refractivity (Wildman–Crippen MR) is 68.9 cm³/mol. The summed E-state index contributed by atoms with van der Waals surface area (Å²) in [5.74, 6) is -0.402. The molecule has 0 saturated heterocycles. The van der Waals surface area contributed by atoms with E-state index in [0.717, 1.165) is 11.1 Å². The van der Waals surface area contributed by atoms with Crippen LogP contribution in [0.2, 0.25) is 0 Å². The quantitative estimate of drug-likeness (QED) is 0.868. The summed E-state index contributed by atoms with van der Waals surface area (Å²) >= 11 is 0. The highest BCUT2D eigenvalue weighted by molar-refractivity contribution is 5.92. The summed E-state index contributed by atoms with van der Waals surface area (Å²) in [6.45, 7) is 2.65. The fourth-order valence-electron chi connectivity index (χ4n) is 1.71. The molecule has 0 fully saturated rings. The van der Waals surface area contributed by atoms with E-state index in [1.807, 2.05) is 6.92 Å². The number of halogens is 1. The van der Waals surface area contributed by atoms with Crippen molar-refractivity contribution in [3.05, 3.63) is 36.3 Å². The van der Waals surface area contributed by atoms with Crippen LogP contribution in [0.5, 0.6) is 0 Å². The number of benzene rings is 1. The second-order valence-corrected chi connectivity index (χ2v) is 3.83. The van der Waals surface area contributed by atoms with Crippen molar-refractivity contribution in [3.63, 3.8) is 0 Å². The number of carbonyl (C=O) groups is 1. The molecule has 2 N–H and O–H groups in total. The van der Waals surface area contributed by atoms with Crippen LogP contribution in [-0.4, -0.2) is 24.0 Å². The number of rotatable bonds is 4. The second-order valence-electron chi connectivity index (χ2n) is 3.83. The third kappa shape index (κ3) is 2.74. The molecule has 1 amide bonds.